The van der Waals surface area contributed by atoms with Crippen LogP contribution in [0.5, 0.6) is 0 Å². The molecule has 0 radical (unpaired) electrons. The monoisotopic (exact) mass is 311 g/mol. The molecule has 23 heavy (non-hydrogen) atoms. The van der Waals surface area contributed by atoms with Gasteiger partial charge < -0.3 is 10.2 Å². The molecule has 0 spiro atoms. The number of hydrogen-bond acceptors (Lipinski definition) is 3. The number of nitrogens with one attached hydrogen (secondary N) is 1. The van der Waals surface area contributed by atoms with E-state index in [0.717, 1.165) is 25.9 Å². The van der Waals surface area contributed by atoms with Crippen molar-refractivity contribution in [2.24, 2.45) is 11.3 Å². The van der Waals surface area contributed by atoms with Crippen molar-refractivity contribution in [3.63, 3.8) is 0 Å². The van der Waals surface area contributed by atoms with Gasteiger partial charge in [0.25, 0.3) is 0 Å². The van der Waals surface area contributed by atoms with Gasteiger partial charge in [-0.05, 0) is 55.9 Å². The fourth-order valence-electron chi connectivity index (χ4n) is 3.22. The fourth-order valence-corrected chi connectivity index (χ4v) is 3.22. The number of rotatable bonds is 3. The first-order valence-electron chi connectivity index (χ1n) is 8.16. The lowest BCUT2D eigenvalue weighted by molar-refractivity contribution is -0.143. The highest BCUT2D eigenvalue weighted by Crippen LogP contribution is 2.48. The van der Waals surface area contributed by atoms with E-state index in [1.807, 2.05) is 11.0 Å². The molecule has 120 valence electrons. The van der Waals surface area contributed by atoms with Crippen LogP contribution in [-0.2, 0) is 9.59 Å². The predicted molar refractivity (Wildman–Crippen MR) is 86.4 cm³/mol. The van der Waals surface area contributed by atoms with Gasteiger partial charge >= 0.3 is 0 Å². The van der Waals surface area contributed by atoms with E-state index in [4.69, 9.17) is 5.26 Å². The summed E-state index contributed by atoms with van der Waals surface area (Å²) >= 11 is 0. The molecular formula is C18H21N3O2. The SMILES string of the molecule is CC1CCCN(C(=O)C2(C(=O)Nc3ccc(C#N)cc3)CC2)C1. The zero-order valence-corrected chi connectivity index (χ0v) is 13.3. The second-order valence-electron chi connectivity index (χ2n) is 6.72. The van der Waals surface area contributed by atoms with Crippen molar-refractivity contribution in [2.75, 3.05) is 18.4 Å². The van der Waals surface area contributed by atoms with E-state index in [9.17, 15) is 9.59 Å². The normalized spacial score (nSPS) is 22.1. The smallest absolute Gasteiger partial charge is 0.240 e. The number of nitriles is 1. The Balaban J connectivity index is 1.68. The number of amides is 2. The lowest BCUT2D eigenvalue weighted by Crippen LogP contribution is -2.46. The summed E-state index contributed by atoms with van der Waals surface area (Å²) < 4.78 is 0. The van der Waals surface area contributed by atoms with Crippen LogP contribution in [0.4, 0.5) is 5.69 Å². The second-order valence-corrected chi connectivity index (χ2v) is 6.72. The lowest BCUT2D eigenvalue weighted by Gasteiger charge is -2.33. The molecule has 1 heterocycles. The first-order chi connectivity index (χ1) is 11.0. The number of hydrogen-bond donors (Lipinski definition) is 1. The van der Waals surface area contributed by atoms with E-state index in [1.165, 1.54) is 0 Å². The quantitative estimate of drug-likeness (QED) is 0.872. The molecule has 1 aromatic rings. The Kier molecular flexibility index (Phi) is 4.08. The molecule has 2 fully saturated rings. The summed E-state index contributed by atoms with van der Waals surface area (Å²) in [7, 11) is 0. The van der Waals surface area contributed by atoms with Gasteiger partial charge in [0.1, 0.15) is 5.41 Å². The first-order valence-corrected chi connectivity index (χ1v) is 8.16. The van der Waals surface area contributed by atoms with E-state index in [2.05, 4.69) is 12.2 Å². The highest BCUT2D eigenvalue weighted by atomic mass is 16.2. The first kappa shape index (κ1) is 15.5. The van der Waals surface area contributed by atoms with Crippen LogP contribution in [0.15, 0.2) is 24.3 Å². The minimum absolute atomic E-state index is 0.0183. The van der Waals surface area contributed by atoms with E-state index in [0.29, 0.717) is 30.0 Å². The van der Waals surface area contributed by atoms with Gasteiger partial charge in [0.2, 0.25) is 11.8 Å². The Morgan fingerprint density at radius 1 is 1.30 bits per heavy atom. The molecule has 1 aliphatic carbocycles. The van der Waals surface area contributed by atoms with Crippen molar-refractivity contribution in [3.8, 4) is 6.07 Å². The highest BCUT2D eigenvalue weighted by molar-refractivity contribution is 6.13. The molecule has 1 aromatic carbocycles. The molecule has 3 rings (SSSR count). The Bertz CT molecular complexity index is 656. The lowest BCUT2D eigenvalue weighted by atomic mass is 9.96. The maximum absolute atomic E-state index is 12.8. The summed E-state index contributed by atoms with van der Waals surface area (Å²) in [6.07, 6.45) is 3.41. The van der Waals surface area contributed by atoms with Crippen molar-refractivity contribution in [1.82, 2.24) is 4.90 Å². The molecule has 2 aliphatic rings. The zero-order chi connectivity index (χ0) is 16.4. The third kappa shape index (κ3) is 3.07. The summed E-state index contributed by atoms with van der Waals surface area (Å²) in [6, 6.07) is 8.74. The molecule has 1 saturated carbocycles. The molecular weight excluding hydrogens is 290 g/mol. The van der Waals surface area contributed by atoms with Gasteiger partial charge in [0, 0.05) is 18.8 Å². The van der Waals surface area contributed by atoms with Crippen LogP contribution in [0.1, 0.15) is 38.2 Å². The standard InChI is InChI=1S/C18H21N3O2/c1-13-3-2-10-21(12-13)17(23)18(8-9-18)16(22)20-15-6-4-14(11-19)5-7-15/h4-7,13H,2-3,8-10,12H2,1H3,(H,20,22). The summed E-state index contributed by atoms with van der Waals surface area (Å²) in [6.45, 7) is 3.66. The maximum Gasteiger partial charge on any atom is 0.240 e. The minimum atomic E-state index is -0.870. The average molecular weight is 311 g/mol. The van der Waals surface area contributed by atoms with E-state index >= 15 is 0 Å². The number of carbonyl (C=O) groups is 2. The Labute approximate surface area is 136 Å². The Morgan fingerprint density at radius 2 is 2.00 bits per heavy atom. The van der Waals surface area contributed by atoms with Crippen molar-refractivity contribution < 1.29 is 9.59 Å². The summed E-state index contributed by atoms with van der Waals surface area (Å²) in [5, 5.41) is 11.6. The molecule has 1 saturated heterocycles. The van der Waals surface area contributed by atoms with Gasteiger partial charge in [-0.25, -0.2) is 0 Å². The van der Waals surface area contributed by atoms with E-state index in [-0.39, 0.29) is 11.8 Å². The van der Waals surface area contributed by atoms with Gasteiger partial charge in [-0.1, -0.05) is 6.92 Å². The maximum atomic E-state index is 12.8. The van der Waals surface area contributed by atoms with Crippen LogP contribution >= 0.6 is 0 Å². The van der Waals surface area contributed by atoms with Crippen LogP contribution in [0.25, 0.3) is 0 Å². The van der Waals surface area contributed by atoms with E-state index < -0.39 is 5.41 Å². The summed E-state index contributed by atoms with van der Waals surface area (Å²) in [4.78, 5) is 27.2. The molecule has 5 nitrogen and oxygen atoms in total. The van der Waals surface area contributed by atoms with Crippen molar-refractivity contribution in [2.45, 2.75) is 32.6 Å². The molecule has 2 amide bonds. The minimum Gasteiger partial charge on any atom is -0.342 e. The van der Waals surface area contributed by atoms with Gasteiger partial charge in [-0.15, -0.1) is 0 Å². The van der Waals surface area contributed by atoms with Crippen LogP contribution in [-0.4, -0.2) is 29.8 Å². The van der Waals surface area contributed by atoms with Crippen molar-refractivity contribution >= 4 is 17.5 Å². The molecule has 1 aliphatic heterocycles. The van der Waals surface area contributed by atoms with Gasteiger partial charge in [0.05, 0.1) is 11.6 Å². The molecule has 1 unspecified atom stereocenters. The third-order valence-corrected chi connectivity index (χ3v) is 4.81. The number of anilines is 1. The van der Waals surface area contributed by atoms with Crippen LogP contribution < -0.4 is 5.32 Å². The summed E-state index contributed by atoms with van der Waals surface area (Å²) in [5.74, 6) is 0.269. The molecule has 1 N–H and O–H groups in total. The second kappa shape index (κ2) is 6.04. The third-order valence-electron chi connectivity index (χ3n) is 4.81. The molecule has 5 heteroatoms. The number of benzene rings is 1. The van der Waals surface area contributed by atoms with Crippen LogP contribution in [0, 0.1) is 22.7 Å². The summed E-state index contributed by atoms with van der Waals surface area (Å²) in [5.41, 5.74) is 0.299. The topological polar surface area (TPSA) is 73.2 Å². The van der Waals surface area contributed by atoms with Crippen molar-refractivity contribution in [1.29, 1.82) is 5.26 Å². The van der Waals surface area contributed by atoms with Gasteiger partial charge in [-0.3, -0.25) is 9.59 Å². The zero-order valence-electron chi connectivity index (χ0n) is 13.3. The molecule has 0 aromatic heterocycles. The molecule has 0 bridgehead atoms. The fraction of sp³-hybridized carbons (Fsp3) is 0.500. The Hall–Kier alpha value is -2.35. The number of carbonyl (C=O) groups excluding carboxylic acids is 2. The number of nitrogens with zero attached hydrogens (tertiary/aromatic N) is 2. The molecule has 1 atom stereocenters. The van der Waals surface area contributed by atoms with Gasteiger partial charge in [-0.2, -0.15) is 5.26 Å². The van der Waals surface area contributed by atoms with Crippen LogP contribution in [0.2, 0.25) is 0 Å². The van der Waals surface area contributed by atoms with E-state index in [1.54, 1.807) is 24.3 Å². The number of likely N-dealkylation sites (tertiary alicyclic amines) is 1. The number of piperidine rings is 1. The Morgan fingerprint density at radius 3 is 2.57 bits per heavy atom. The highest BCUT2D eigenvalue weighted by Gasteiger charge is 2.58. The largest absolute Gasteiger partial charge is 0.342 e. The van der Waals surface area contributed by atoms with Crippen LogP contribution in [0.3, 0.4) is 0 Å². The van der Waals surface area contributed by atoms with Crippen molar-refractivity contribution in [3.05, 3.63) is 29.8 Å². The average Bonchev–Trinajstić information content (AvgIpc) is 3.37. The predicted octanol–water partition coefficient (Wildman–Crippen LogP) is 2.54. The van der Waals surface area contributed by atoms with Gasteiger partial charge in [0.15, 0.2) is 0 Å².